The first-order valence-corrected chi connectivity index (χ1v) is 6.97. The second-order valence-electron chi connectivity index (χ2n) is 4.19. The first kappa shape index (κ1) is 12.9. The Labute approximate surface area is 113 Å². The van der Waals surface area contributed by atoms with Gasteiger partial charge in [0, 0.05) is 10.6 Å². The molecule has 0 aliphatic heterocycles. The summed E-state index contributed by atoms with van der Waals surface area (Å²) in [6.45, 7) is 4.17. The number of hydrogen-bond donors (Lipinski definition) is 0. The van der Waals surface area contributed by atoms with Crippen LogP contribution in [0.15, 0.2) is 58.2 Å². The molecule has 0 radical (unpaired) electrons. The number of benzene rings is 1. The van der Waals surface area contributed by atoms with E-state index in [4.69, 9.17) is 4.42 Å². The van der Waals surface area contributed by atoms with E-state index >= 15 is 0 Å². The molecular formula is C16H17OS+. The molecule has 18 heavy (non-hydrogen) atoms. The van der Waals surface area contributed by atoms with Crippen LogP contribution >= 0.6 is 11.8 Å². The fourth-order valence-corrected chi connectivity index (χ4v) is 2.67. The molecule has 0 aliphatic rings. The molecule has 2 rings (SSSR count). The lowest BCUT2D eigenvalue weighted by Gasteiger charge is -2.01. The maximum atomic E-state index is 5.22. The lowest BCUT2D eigenvalue weighted by atomic mass is 10.2. The molecule has 1 heterocycles. The normalized spacial score (nSPS) is 11.0. The molecule has 1 aromatic carbocycles. The van der Waals surface area contributed by atoms with Crippen LogP contribution in [0.2, 0.25) is 0 Å². The summed E-state index contributed by atoms with van der Waals surface area (Å²) < 4.78 is 5.22. The molecule has 1 nitrogen and oxygen atoms in total. The van der Waals surface area contributed by atoms with E-state index in [0.717, 1.165) is 5.75 Å². The zero-order chi connectivity index (χ0) is 12.8. The molecule has 2 heteroatoms. The van der Waals surface area contributed by atoms with E-state index in [0.29, 0.717) is 0 Å². The third-order valence-corrected chi connectivity index (χ3v) is 3.93. The van der Waals surface area contributed by atoms with Crippen LogP contribution in [0.1, 0.15) is 16.7 Å². The van der Waals surface area contributed by atoms with Gasteiger partial charge < -0.3 is 0 Å². The Morgan fingerprint density at radius 1 is 1.06 bits per heavy atom. The molecule has 0 saturated heterocycles. The van der Waals surface area contributed by atoms with E-state index in [9.17, 15) is 0 Å². The van der Waals surface area contributed by atoms with Crippen LogP contribution in [0.3, 0.4) is 0 Å². The van der Waals surface area contributed by atoms with Crippen LogP contribution in [-0.2, 0) is 0 Å². The molecule has 0 spiro atoms. The number of aryl methyl sites for hydroxylation is 2. The summed E-state index contributed by atoms with van der Waals surface area (Å²) in [6, 6.07) is 10.4. The molecule has 0 unspecified atom stereocenters. The fourth-order valence-electron chi connectivity index (χ4n) is 1.76. The van der Waals surface area contributed by atoms with Gasteiger partial charge in [-0.05, 0) is 19.4 Å². The van der Waals surface area contributed by atoms with Crippen LogP contribution < -0.4 is 0 Å². The van der Waals surface area contributed by atoms with Crippen molar-refractivity contribution in [1.82, 2.24) is 0 Å². The van der Waals surface area contributed by atoms with Gasteiger partial charge in [-0.3, -0.25) is 0 Å². The summed E-state index contributed by atoms with van der Waals surface area (Å²) in [5.41, 5.74) is 3.65. The Balaban J connectivity index is 1.95. The van der Waals surface area contributed by atoms with Crippen molar-refractivity contribution in [2.24, 2.45) is 0 Å². The summed E-state index contributed by atoms with van der Waals surface area (Å²) >= 11 is 1.85. The van der Waals surface area contributed by atoms with Gasteiger partial charge in [0.25, 0.3) is 0 Å². The molecule has 1 aromatic heterocycles. The van der Waals surface area contributed by atoms with Crippen LogP contribution in [0.4, 0.5) is 0 Å². The first-order valence-electron chi connectivity index (χ1n) is 5.98. The minimum Gasteiger partial charge on any atom is -0.224 e. The van der Waals surface area contributed by atoms with Gasteiger partial charge in [-0.15, -0.1) is 11.8 Å². The van der Waals surface area contributed by atoms with E-state index in [1.54, 1.807) is 12.5 Å². The Morgan fingerprint density at radius 2 is 1.72 bits per heavy atom. The summed E-state index contributed by atoms with van der Waals surface area (Å²) in [5.74, 6) is 0.973. The minimum atomic E-state index is 0.973. The van der Waals surface area contributed by atoms with Gasteiger partial charge in [0.15, 0.2) is 0 Å². The highest BCUT2D eigenvalue weighted by molar-refractivity contribution is 7.99. The second-order valence-corrected chi connectivity index (χ2v) is 5.22. The van der Waals surface area contributed by atoms with Crippen molar-refractivity contribution in [3.63, 3.8) is 0 Å². The maximum absolute atomic E-state index is 5.22. The van der Waals surface area contributed by atoms with E-state index < -0.39 is 0 Å². The summed E-state index contributed by atoms with van der Waals surface area (Å²) in [7, 11) is 0. The van der Waals surface area contributed by atoms with E-state index in [1.807, 2.05) is 17.8 Å². The number of hydrogen-bond acceptors (Lipinski definition) is 1. The van der Waals surface area contributed by atoms with Crippen LogP contribution in [0.25, 0.3) is 6.08 Å². The average Bonchev–Trinajstić information content (AvgIpc) is 2.38. The van der Waals surface area contributed by atoms with Gasteiger partial charge in [-0.1, -0.05) is 42.5 Å². The van der Waals surface area contributed by atoms with Crippen LogP contribution in [-0.4, -0.2) is 5.75 Å². The average molecular weight is 257 g/mol. The molecule has 0 aliphatic carbocycles. The highest BCUT2D eigenvalue weighted by atomic mass is 32.2. The minimum absolute atomic E-state index is 0.973. The fraction of sp³-hybridized carbons (Fsp3) is 0.188. The van der Waals surface area contributed by atoms with E-state index in [-0.39, 0.29) is 0 Å². The van der Waals surface area contributed by atoms with Crippen molar-refractivity contribution in [2.45, 2.75) is 18.7 Å². The van der Waals surface area contributed by atoms with Gasteiger partial charge in [0.05, 0.1) is 11.1 Å². The quantitative estimate of drug-likeness (QED) is 0.565. The Kier molecular flexibility index (Phi) is 4.59. The zero-order valence-corrected chi connectivity index (χ0v) is 11.5. The van der Waals surface area contributed by atoms with Crippen LogP contribution in [0, 0.1) is 13.8 Å². The Bertz CT molecular complexity index is 512. The third-order valence-electron chi connectivity index (χ3n) is 2.64. The number of rotatable bonds is 4. The smallest absolute Gasteiger partial charge is 0.224 e. The predicted molar refractivity (Wildman–Crippen MR) is 78.8 cm³/mol. The first-order chi connectivity index (χ1) is 8.77. The second kappa shape index (κ2) is 6.41. The molecule has 0 fully saturated rings. The molecule has 92 valence electrons. The van der Waals surface area contributed by atoms with Gasteiger partial charge >= 0.3 is 12.5 Å². The van der Waals surface area contributed by atoms with Crippen molar-refractivity contribution in [3.05, 3.63) is 65.6 Å². The lowest BCUT2D eigenvalue weighted by Crippen LogP contribution is -1.85. The van der Waals surface area contributed by atoms with Gasteiger partial charge in [0.1, 0.15) is 0 Å². The highest BCUT2D eigenvalue weighted by Gasteiger charge is 2.08. The summed E-state index contributed by atoms with van der Waals surface area (Å²) in [5, 5.41) is 0. The zero-order valence-electron chi connectivity index (χ0n) is 10.7. The maximum Gasteiger partial charge on any atom is 0.321 e. The third kappa shape index (κ3) is 3.47. The largest absolute Gasteiger partial charge is 0.321 e. The monoisotopic (exact) mass is 257 g/mol. The van der Waals surface area contributed by atoms with Crippen LogP contribution in [0.5, 0.6) is 0 Å². The van der Waals surface area contributed by atoms with Gasteiger partial charge in [-0.25, -0.2) is 4.42 Å². The van der Waals surface area contributed by atoms with Crippen molar-refractivity contribution >= 4 is 17.8 Å². The van der Waals surface area contributed by atoms with Gasteiger partial charge in [0.2, 0.25) is 0 Å². The van der Waals surface area contributed by atoms with Crippen molar-refractivity contribution < 1.29 is 4.42 Å². The van der Waals surface area contributed by atoms with Gasteiger partial charge in [-0.2, -0.15) is 0 Å². The molecule has 2 aromatic rings. The summed E-state index contributed by atoms with van der Waals surface area (Å²) in [6.07, 6.45) is 7.96. The molecule has 0 amide bonds. The molecule has 0 atom stereocenters. The summed E-state index contributed by atoms with van der Waals surface area (Å²) in [4.78, 5) is 1.32. The van der Waals surface area contributed by atoms with E-state index in [1.165, 1.54) is 21.6 Å². The topological polar surface area (TPSA) is 11.3 Å². The number of thioether (sulfide) groups is 1. The van der Waals surface area contributed by atoms with E-state index in [2.05, 4.69) is 50.3 Å². The molecule has 0 N–H and O–H groups in total. The lowest BCUT2D eigenvalue weighted by molar-refractivity contribution is 0.534. The Hall–Kier alpha value is -1.54. The van der Waals surface area contributed by atoms with Crippen molar-refractivity contribution in [3.8, 4) is 0 Å². The van der Waals surface area contributed by atoms with Crippen molar-refractivity contribution in [1.29, 1.82) is 0 Å². The SMILES string of the molecule is Cc1c[o+]cc(C)c1SCC=Cc1ccccc1. The molecule has 0 bridgehead atoms. The standard InChI is InChI=1S/C16H17OS/c1-13-11-17-12-14(2)16(13)18-10-6-9-15-7-4-3-5-8-15/h3-9,11-12H,10H2,1-2H3/q+1. The molecular weight excluding hydrogens is 240 g/mol. The highest BCUT2D eigenvalue weighted by Crippen LogP contribution is 2.26. The molecule has 0 saturated carbocycles. The van der Waals surface area contributed by atoms with Crippen molar-refractivity contribution in [2.75, 3.05) is 5.75 Å². The Morgan fingerprint density at radius 3 is 2.39 bits per heavy atom. The predicted octanol–water partition coefficient (Wildman–Crippen LogP) is 4.98.